The zero-order chi connectivity index (χ0) is 18.8. The molecule has 0 aliphatic carbocycles. The number of nitrogens with zero attached hydrogens (tertiary/aromatic N) is 2. The molecule has 1 aliphatic heterocycles. The number of rotatable bonds is 5. The fourth-order valence-electron chi connectivity index (χ4n) is 3.23. The first kappa shape index (κ1) is 17.9. The summed E-state index contributed by atoms with van der Waals surface area (Å²) in [5.41, 5.74) is 1.50. The summed E-state index contributed by atoms with van der Waals surface area (Å²) < 4.78 is 5.27. The molecule has 1 aromatic carbocycles. The number of methoxy groups -OCH3 is 1. The van der Waals surface area contributed by atoms with Crippen molar-refractivity contribution in [2.45, 2.75) is 12.5 Å². The van der Waals surface area contributed by atoms with Crippen molar-refractivity contribution in [1.29, 1.82) is 0 Å². The van der Waals surface area contributed by atoms with Gasteiger partial charge in [-0.3, -0.25) is 9.89 Å². The Morgan fingerprint density at radius 1 is 1.41 bits per heavy atom. The quantitative estimate of drug-likeness (QED) is 0.680. The molecule has 1 amide bonds. The van der Waals surface area contributed by atoms with Gasteiger partial charge in [0.25, 0.3) is 5.91 Å². The van der Waals surface area contributed by atoms with Crippen LogP contribution in [0.5, 0.6) is 5.75 Å². The van der Waals surface area contributed by atoms with Gasteiger partial charge in [-0.25, -0.2) is 0 Å². The summed E-state index contributed by atoms with van der Waals surface area (Å²) in [6.45, 7) is 1.56. The van der Waals surface area contributed by atoms with Gasteiger partial charge in [0.15, 0.2) is 5.82 Å². The molecule has 1 aliphatic rings. The van der Waals surface area contributed by atoms with Gasteiger partial charge in [-0.15, -0.1) is 11.3 Å². The normalized spacial score (nSPS) is 16.5. The van der Waals surface area contributed by atoms with Gasteiger partial charge >= 0.3 is 0 Å². The number of halogens is 1. The Labute approximate surface area is 166 Å². The average Bonchev–Trinajstić information content (AvgIpc) is 3.41. The predicted octanol–water partition coefficient (Wildman–Crippen LogP) is 3.81. The van der Waals surface area contributed by atoms with Gasteiger partial charge in [0, 0.05) is 30.2 Å². The fraction of sp³-hybridized carbons (Fsp3) is 0.263. The average molecular weight is 403 g/mol. The number of H-pyrrole nitrogens is 1. The van der Waals surface area contributed by atoms with Gasteiger partial charge in [0.05, 0.1) is 23.2 Å². The van der Waals surface area contributed by atoms with Crippen LogP contribution in [0.15, 0.2) is 41.8 Å². The first-order valence-corrected chi connectivity index (χ1v) is 9.88. The van der Waals surface area contributed by atoms with Crippen LogP contribution in [0, 0.1) is 0 Å². The summed E-state index contributed by atoms with van der Waals surface area (Å²) in [5.74, 6) is 1.22. The third kappa shape index (κ3) is 3.79. The second-order valence-corrected chi connectivity index (χ2v) is 7.75. The molecule has 1 atom stereocenters. The molecular weight excluding hydrogens is 384 g/mol. The Balaban J connectivity index is 1.41. The van der Waals surface area contributed by atoms with E-state index in [1.807, 2.05) is 11.4 Å². The second-order valence-electron chi connectivity index (χ2n) is 6.37. The molecule has 2 aromatic heterocycles. The van der Waals surface area contributed by atoms with Crippen molar-refractivity contribution in [2.75, 3.05) is 25.1 Å². The largest absolute Gasteiger partial charge is 0.496 e. The number of hydrogen-bond acceptors (Lipinski definition) is 5. The third-order valence-corrected chi connectivity index (χ3v) is 5.74. The van der Waals surface area contributed by atoms with Crippen molar-refractivity contribution in [3.8, 4) is 16.3 Å². The zero-order valence-electron chi connectivity index (χ0n) is 14.7. The topological polar surface area (TPSA) is 70.2 Å². The molecule has 0 saturated carbocycles. The summed E-state index contributed by atoms with van der Waals surface area (Å²) in [7, 11) is 1.53. The van der Waals surface area contributed by atoms with Crippen LogP contribution in [0.3, 0.4) is 0 Å². The monoisotopic (exact) mass is 402 g/mol. The number of carbonyl (C=O) groups is 1. The lowest BCUT2D eigenvalue weighted by Gasteiger charge is -2.17. The van der Waals surface area contributed by atoms with E-state index in [4.69, 9.17) is 16.3 Å². The van der Waals surface area contributed by atoms with Gasteiger partial charge in [-0.1, -0.05) is 17.7 Å². The summed E-state index contributed by atoms with van der Waals surface area (Å²) >= 11 is 7.64. The van der Waals surface area contributed by atoms with E-state index in [-0.39, 0.29) is 11.9 Å². The van der Waals surface area contributed by atoms with Gasteiger partial charge in [-0.2, -0.15) is 5.10 Å². The van der Waals surface area contributed by atoms with Crippen LogP contribution in [0.2, 0.25) is 5.02 Å². The van der Waals surface area contributed by atoms with Crippen LogP contribution in [-0.4, -0.2) is 42.3 Å². The molecule has 0 radical (unpaired) electrons. The van der Waals surface area contributed by atoms with E-state index in [0.717, 1.165) is 35.9 Å². The molecule has 6 nitrogen and oxygen atoms in total. The van der Waals surface area contributed by atoms with Crippen molar-refractivity contribution in [3.05, 3.63) is 52.4 Å². The van der Waals surface area contributed by atoms with E-state index >= 15 is 0 Å². The smallest absolute Gasteiger partial charge is 0.255 e. The fourth-order valence-corrected chi connectivity index (χ4v) is 4.09. The van der Waals surface area contributed by atoms with E-state index in [0.29, 0.717) is 16.3 Å². The van der Waals surface area contributed by atoms with Crippen molar-refractivity contribution < 1.29 is 9.53 Å². The third-order valence-electron chi connectivity index (χ3n) is 4.61. The van der Waals surface area contributed by atoms with E-state index in [2.05, 4.69) is 32.5 Å². The van der Waals surface area contributed by atoms with Crippen molar-refractivity contribution in [1.82, 2.24) is 15.5 Å². The summed E-state index contributed by atoms with van der Waals surface area (Å²) in [5, 5.41) is 13.2. The van der Waals surface area contributed by atoms with E-state index in [9.17, 15) is 4.79 Å². The molecule has 3 aromatic rings. The van der Waals surface area contributed by atoms with Crippen molar-refractivity contribution in [2.24, 2.45) is 0 Å². The molecule has 8 heteroatoms. The highest BCUT2D eigenvalue weighted by atomic mass is 35.5. The molecule has 3 heterocycles. The van der Waals surface area contributed by atoms with Gasteiger partial charge in [-0.05, 0) is 36.1 Å². The number of hydrogen-bond donors (Lipinski definition) is 2. The minimum atomic E-state index is -0.156. The number of carbonyl (C=O) groups excluding carboxylic acids is 1. The van der Waals surface area contributed by atoms with Crippen LogP contribution in [-0.2, 0) is 0 Å². The van der Waals surface area contributed by atoms with E-state index < -0.39 is 0 Å². The van der Waals surface area contributed by atoms with Crippen LogP contribution < -0.4 is 15.0 Å². The lowest BCUT2D eigenvalue weighted by atomic mass is 10.1. The Kier molecular flexibility index (Phi) is 5.05. The van der Waals surface area contributed by atoms with Crippen LogP contribution in [0.1, 0.15) is 16.8 Å². The van der Waals surface area contributed by atoms with Crippen molar-refractivity contribution in [3.63, 3.8) is 0 Å². The number of amides is 1. The van der Waals surface area contributed by atoms with E-state index in [1.165, 1.54) is 7.11 Å². The Hall–Kier alpha value is -2.51. The Morgan fingerprint density at radius 2 is 2.30 bits per heavy atom. The molecule has 1 saturated heterocycles. The Bertz CT molecular complexity index is 941. The number of aromatic nitrogens is 2. The number of ether oxygens (including phenoxy) is 1. The minimum absolute atomic E-state index is 0.0553. The number of nitrogens with one attached hydrogen (secondary N) is 2. The zero-order valence-corrected chi connectivity index (χ0v) is 16.3. The predicted molar refractivity (Wildman–Crippen MR) is 108 cm³/mol. The molecule has 4 rings (SSSR count). The van der Waals surface area contributed by atoms with Crippen molar-refractivity contribution >= 4 is 34.7 Å². The summed E-state index contributed by atoms with van der Waals surface area (Å²) in [4.78, 5) is 16.0. The highest BCUT2D eigenvalue weighted by molar-refractivity contribution is 7.13. The van der Waals surface area contributed by atoms with Crippen LogP contribution >= 0.6 is 22.9 Å². The van der Waals surface area contributed by atoms with Gasteiger partial charge < -0.3 is 15.0 Å². The van der Waals surface area contributed by atoms with Gasteiger partial charge in [0.2, 0.25) is 0 Å². The van der Waals surface area contributed by atoms with Gasteiger partial charge in [0.1, 0.15) is 5.75 Å². The second kappa shape index (κ2) is 7.62. The molecule has 2 N–H and O–H groups in total. The molecule has 0 spiro atoms. The molecule has 27 heavy (non-hydrogen) atoms. The maximum atomic E-state index is 12.6. The van der Waals surface area contributed by atoms with Crippen LogP contribution in [0.4, 0.5) is 5.82 Å². The highest BCUT2D eigenvalue weighted by Crippen LogP contribution is 2.28. The maximum absolute atomic E-state index is 12.6. The summed E-state index contributed by atoms with van der Waals surface area (Å²) in [6, 6.07) is 11.2. The molecule has 140 valence electrons. The standard InChI is InChI=1S/C19H19ClN4O2S/c1-26-16-9-12(20)4-5-14(16)19(25)21-13-6-7-24(11-13)18-10-15(22-23-18)17-3-2-8-27-17/h2-5,8-10,13H,6-7,11H2,1H3,(H,21,25)(H,22,23)/t13-/m1/s1. The molecular formula is C19H19ClN4O2S. The lowest BCUT2D eigenvalue weighted by molar-refractivity contribution is 0.0937. The first-order valence-electron chi connectivity index (χ1n) is 8.62. The minimum Gasteiger partial charge on any atom is -0.496 e. The van der Waals surface area contributed by atoms with E-state index in [1.54, 1.807) is 29.5 Å². The number of aromatic amines is 1. The molecule has 0 unspecified atom stereocenters. The SMILES string of the molecule is COc1cc(Cl)ccc1C(=O)N[C@@H]1CCN(c2cc(-c3cccs3)[nH]n2)C1. The molecule has 1 fully saturated rings. The number of thiophene rings is 1. The maximum Gasteiger partial charge on any atom is 0.255 e. The number of anilines is 1. The number of benzene rings is 1. The molecule has 0 bridgehead atoms. The van der Waals surface area contributed by atoms with Crippen LogP contribution in [0.25, 0.3) is 10.6 Å². The first-order chi connectivity index (χ1) is 13.1. The summed E-state index contributed by atoms with van der Waals surface area (Å²) in [6.07, 6.45) is 0.864. The highest BCUT2D eigenvalue weighted by Gasteiger charge is 2.27. The Morgan fingerprint density at radius 3 is 3.07 bits per heavy atom. The lowest BCUT2D eigenvalue weighted by Crippen LogP contribution is -2.37.